The summed E-state index contributed by atoms with van der Waals surface area (Å²) in [6, 6.07) is 5.22. The maximum atomic E-state index is 11.2. The van der Waals surface area contributed by atoms with Crippen LogP contribution >= 0.6 is 0 Å². The second kappa shape index (κ2) is 4.70. The molecule has 2 rings (SSSR count). The van der Waals surface area contributed by atoms with Gasteiger partial charge in [0.05, 0.1) is 28.0 Å². The Morgan fingerprint density at radius 3 is 2.74 bits per heavy atom. The number of sulfone groups is 1. The zero-order valence-electron chi connectivity index (χ0n) is 9.61. The van der Waals surface area contributed by atoms with Crippen molar-refractivity contribution < 1.29 is 13.3 Å². The van der Waals surface area contributed by atoms with Gasteiger partial charge in [-0.15, -0.1) is 0 Å². The Balaban J connectivity index is 2.25. The quantitative estimate of drug-likeness (QED) is 0.656. The Labute approximate surface area is 109 Å². The van der Waals surface area contributed by atoms with E-state index in [1.54, 1.807) is 0 Å². The Morgan fingerprint density at radius 2 is 2.21 bits per heavy atom. The lowest BCUT2D eigenvalue weighted by atomic mass is 10.1. The third-order valence-corrected chi connectivity index (χ3v) is 4.00. The van der Waals surface area contributed by atoms with Gasteiger partial charge in [0.15, 0.2) is 9.84 Å². The molecule has 1 aliphatic heterocycles. The van der Waals surface area contributed by atoms with Crippen LogP contribution in [0.4, 0.5) is 11.4 Å². The number of non-ortho nitro benzene ring substituents is 1. The van der Waals surface area contributed by atoms with Crippen molar-refractivity contribution in [2.75, 3.05) is 11.1 Å². The lowest BCUT2D eigenvalue weighted by molar-refractivity contribution is -0.384. The number of nitrogens with one attached hydrogen (secondary N) is 1. The minimum atomic E-state index is -3.19. The smallest absolute Gasteiger partial charge is 0.270 e. The van der Waals surface area contributed by atoms with E-state index in [9.17, 15) is 18.5 Å². The molecule has 1 heterocycles. The molecule has 0 radical (unpaired) electrons. The van der Waals surface area contributed by atoms with Gasteiger partial charge in [-0.3, -0.25) is 10.1 Å². The van der Waals surface area contributed by atoms with Gasteiger partial charge in [0.25, 0.3) is 5.69 Å². The highest BCUT2D eigenvalue weighted by Gasteiger charge is 2.22. The van der Waals surface area contributed by atoms with Crippen molar-refractivity contribution in [3.05, 3.63) is 45.4 Å². The molecular weight excluding hydrogens is 270 g/mol. The summed E-state index contributed by atoms with van der Waals surface area (Å²) < 4.78 is 22.5. The summed E-state index contributed by atoms with van der Waals surface area (Å²) in [4.78, 5) is 10.0. The zero-order chi connectivity index (χ0) is 14.0. The van der Waals surface area contributed by atoms with Crippen LogP contribution in [-0.2, 0) is 9.84 Å². The van der Waals surface area contributed by atoms with Crippen LogP contribution in [0.15, 0.2) is 29.7 Å². The zero-order valence-corrected chi connectivity index (χ0v) is 10.4. The van der Waals surface area contributed by atoms with Gasteiger partial charge >= 0.3 is 0 Å². The predicted molar refractivity (Wildman–Crippen MR) is 68.1 cm³/mol. The van der Waals surface area contributed by atoms with Gasteiger partial charge in [0.1, 0.15) is 6.07 Å². The van der Waals surface area contributed by atoms with E-state index in [-0.39, 0.29) is 17.0 Å². The van der Waals surface area contributed by atoms with E-state index in [0.29, 0.717) is 5.69 Å². The summed E-state index contributed by atoms with van der Waals surface area (Å²) in [5.41, 5.74) is 0.295. The first kappa shape index (κ1) is 13.0. The number of anilines is 1. The number of hydrogen-bond donors (Lipinski definition) is 1. The van der Waals surface area contributed by atoms with E-state index in [2.05, 4.69) is 5.32 Å². The Hall–Kier alpha value is -2.40. The van der Waals surface area contributed by atoms with Gasteiger partial charge in [0, 0.05) is 17.5 Å². The molecule has 0 aromatic heterocycles. The first-order valence-electron chi connectivity index (χ1n) is 5.27. The third-order valence-electron chi connectivity index (χ3n) is 2.61. The Kier molecular flexibility index (Phi) is 3.23. The molecule has 0 aliphatic carbocycles. The first-order chi connectivity index (χ1) is 8.91. The number of nitrogens with zero attached hydrogens (tertiary/aromatic N) is 2. The van der Waals surface area contributed by atoms with Crippen LogP contribution in [0.1, 0.15) is 5.56 Å². The second-order valence-corrected chi connectivity index (χ2v) is 5.94. The molecule has 19 heavy (non-hydrogen) atoms. The number of nitro groups is 1. The summed E-state index contributed by atoms with van der Waals surface area (Å²) in [5.74, 6) is -0.0884. The summed E-state index contributed by atoms with van der Waals surface area (Å²) in [5, 5.41) is 23.5. The van der Waals surface area contributed by atoms with Crippen molar-refractivity contribution in [2.24, 2.45) is 0 Å². The monoisotopic (exact) mass is 279 g/mol. The van der Waals surface area contributed by atoms with Crippen LogP contribution in [-0.4, -0.2) is 25.1 Å². The van der Waals surface area contributed by atoms with Gasteiger partial charge in [-0.25, -0.2) is 8.42 Å². The molecule has 0 bridgehead atoms. The minimum absolute atomic E-state index is 0.0884. The molecule has 8 heteroatoms. The van der Waals surface area contributed by atoms with E-state index in [0.717, 1.165) is 11.5 Å². The molecule has 1 atom stereocenters. The van der Waals surface area contributed by atoms with Gasteiger partial charge in [-0.05, 0) is 6.07 Å². The third kappa shape index (κ3) is 2.89. The molecule has 1 unspecified atom stereocenters. The maximum Gasteiger partial charge on any atom is 0.270 e. The molecular formula is C11H9N3O4S. The summed E-state index contributed by atoms with van der Waals surface area (Å²) in [6.45, 7) is 0. The Bertz CT molecular complexity index is 703. The summed E-state index contributed by atoms with van der Waals surface area (Å²) in [7, 11) is -3.19. The molecule has 0 spiro atoms. The average Bonchev–Trinajstić information content (AvgIpc) is 2.69. The van der Waals surface area contributed by atoms with Crippen LogP contribution in [0.25, 0.3) is 0 Å². The second-order valence-electron chi connectivity index (χ2n) is 4.01. The number of benzene rings is 1. The van der Waals surface area contributed by atoms with Gasteiger partial charge in [0.2, 0.25) is 0 Å². The SMILES string of the molecule is N#Cc1cc([N+](=O)[O-])ccc1NC1C=CS(=O)(=O)C1. The highest BCUT2D eigenvalue weighted by molar-refractivity contribution is 7.94. The molecule has 1 aliphatic rings. The van der Waals surface area contributed by atoms with E-state index < -0.39 is 20.8 Å². The number of nitriles is 1. The number of nitro benzene ring substituents is 1. The number of hydrogen-bond acceptors (Lipinski definition) is 6. The lowest BCUT2D eigenvalue weighted by Crippen LogP contribution is -2.21. The van der Waals surface area contributed by atoms with Crippen LogP contribution in [0.2, 0.25) is 0 Å². The maximum absolute atomic E-state index is 11.2. The van der Waals surface area contributed by atoms with E-state index >= 15 is 0 Å². The predicted octanol–water partition coefficient (Wildman–Crippen LogP) is 1.19. The highest BCUT2D eigenvalue weighted by Crippen LogP contribution is 2.23. The van der Waals surface area contributed by atoms with E-state index in [1.165, 1.54) is 18.2 Å². The van der Waals surface area contributed by atoms with Crippen LogP contribution in [0, 0.1) is 21.4 Å². The normalized spacial score (nSPS) is 19.8. The standard InChI is InChI=1S/C11H9N3O4S/c12-6-8-5-10(14(15)16)1-2-11(8)13-9-3-4-19(17,18)7-9/h1-5,9,13H,7H2. The fourth-order valence-electron chi connectivity index (χ4n) is 1.73. The largest absolute Gasteiger partial charge is 0.377 e. The van der Waals surface area contributed by atoms with Crippen molar-refractivity contribution >= 4 is 21.2 Å². The van der Waals surface area contributed by atoms with Crippen molar-refractivity contribution in [1.82, 2.24) is 0 Å². The topological polar surface area (TPSA) is 113 Å². The van der Waals surface area contributed by atoms with Crippen molar-refractivity contribution in [3.8, 4) is 6.07 Å². The Morgan fingerprint density at radius 1 is 1.47 bits per heavy atom. The molecule has 0 amide bonds. The number of rotatable bonds is 3. The van der Waals surface area contributed by atoms with E-state index in [1.807, 2.05) is 6.07 Å². The fourth-order valence-corrected chi connectivity index (χ4v) is 2.96. The molecule has 0 saturated carbocycles. The molecule has 0 saturated heterocycles. The van der Waals surface area contributed by atoms with E-state index in [4.69, 9.17) is 5.26 Å². The van der Waals surface area contributed by atoms with Crippen molar-refractivity contribution in [3.63, 3.8) is 0 Å². The van der Waals surface area contributed by atoms with Crippen LogP contribution in [0.3, 0.4) is 0 Å². The fraction of sp³-hybridized carbons (Fsp3) is 0.182. The minimum Gasteiger partial charge on any atom is -0.377 e. The van der Waals surface area contributed by atoms with Crippen molar-refractivity contribution in [1.29, 1.82) is 5.26 Å². The lowest BCUT2D eigenvalue weighted by Gasteiger charge is -2.12. The summed E-state index contributed by atoms with van der Waals surface area (Å²) in [6.07, 6.45) is 1.48. The van der Waals surface area contributed by atoms with Gasteiger partial charge in [-0.1, -0.05) is 6.08 Å². The molecule has 1 N–H and O–H groups in total. The van der Waals surface area contributed by atoms with Crippen LogP contribution < -0.4 is 5.32 Å². The molecule has 7 nitrogen and oxygen atoms in total. The molecule has 98 valence electrons. The average molecular weight is 279 g/mol. The summed E-state index contributed by atoms with van der Waals surface area (Å²) >= 11 is 0. The van der Waals surface area contributed by atoms with Gasteiger partial charge in [-0.2, -0.15) is 5.26 Å². The van der Waals surface area contributed by atoms with Crippen LogP contribution in [0.5, 0.6) is 0 Å². The van der Waals surface area contributed by atoms with Gasteiger partial charge < -0.3 is 5.32 Å². The molecule has 0 fully saturated rings. The molecule has 1 aromatic rings. The molecule has 1 aromatic carbocycles. The first-order valence-corrected chi connectivity index (χ1v) is 6.99. The van der Waals surface area contributed by atoms with Crippen molar-refractivity contribution in [2.45, 2.75) is 6.04 Å². The highest BCUT2D eigenvalue weighted by atomic mass is 32.2.